The van der Waals surface area contributed by atoms with E-state index in [4.69, 9.17) is 0 Å². The maximum atomic E-state index is 11.2. The van der Waals surface area contributed by atoms with E-state index in [1.807, 2.05) is 6.92 Å². The molecule has 0 rings (SSSR count). The molecule has 0 saturated carbocycles. The van der Waals surface area contributed by atoms with Gasteiger partial charge in [0.1, 0.15) is 0 Å². The summed E-state index contributed by atoms with van der Waals surface area (Å²) in [7, 11) is 0. The molecule has 4 nitrogen and oxygen atoms in total. The van der Waals surface area contributed by atoms with Gasteiger partial charge in [-0.2, -0.15) is 0 Å². The van der Waals surface area contributed by atoms with E-state index in [1.54, 1.807) is 0 Å². The minimum atomic E-state index is -0.852. The van der Waals surface area contributed by atoms with Crippen molar-refractivity contribution in [2.24, 2.45) is 10.5 Å². The maximum Gasteiger partial charge on any atom is 0.304 e. The van der Waals surface area contributed by atoms with E-state index in [0.29, 0.717) is 5.92 Å². The Bertz CT molecular complexity index is 414. The van der Waals surface area contributed by atoms with Crippen molar-refractivity contribution in [1.29, 1.82) is 0 Å². The lowest BCUT2D eigenvalue weighted by molar-refractivity contribution is -0.137. The highest BCUT2D eigenvalue weighted by molar-refractivity contribution is 7.99. The second-order valence-corrected chi connectivity index (χ2v) is 9.32. The fourth-order valence-electron chi connectivity index (χ4n) is 3.65. The molecule has 0 fully saturated rings. The molecule has 1 N–H and O–H groups in total. The minimum absolute atomic E-state index is 0.00713. The van der Waals surface area contributed by atoms with Crippen LogP contribution in [0.15, 0.2) is 16.7 Å². The number of nitrogens with zero attached hydrogens (tertiary/aromatic N) is 1. The lowest BCUT2D eigenvalue weighted by atomic mass is 9.85. The first-order valence-corrected chi connectivity index (χ1v) is 11.6. The first-order chi connectivity index (χ1) is 13.0. The van der Waals surface area contributed by atoms with Crippen LogP contribution in [0.4, 0.5) is 0 Å². The zero-order valence-corrected chi connectivity index (χ0v) is 18.6. The van der Waals surface area contributed by atoms with Crippen molar-refractivity contribution in [1.82, 2.24) is 0 Å². The van der Waals surface area contributed by atoms with Crippen molar-refractivity contribution in [3.05, 3.63) is 17.1 Å². The molecule has 0 saturated heterocycles. The van der Waals surface area contributed by atoms with Crippen LogP contribution in [0.2, 0.25) is 0 Å². The molecular formula is C22H41NO3S. The Hall–Kier alpha value is -0.840. The molecule has 0 spiro atoms. The summed E-state index contributed by atoms with van der Waals surface area (Å²) in [5, 5.41) is 9.22. The fourth-order valence-corrected chi connectivity index (χ4v) is 4.33. The third-order valence-corrected chi connectivity index (χ3v) is 5.90. The van der Waals surface area contributed by atoms with E-state index < -0.39 is 10.7 Å². The number of unbranched alkanes of at least 4 members (excludes halogenated alkanes) is 7. The van der Waals surface area contributed by atoms with Gasteiger partial charge in [-0.15, -0.1) is 4.91 Å². The SMILES string of the molecule is CCCC=CCCCC(CCCCCCCC)CC(C)(CC(=O)O)SN=O. The topological polar surface area (TPSA) is 66.7 Å². The van der Waals surface area contributed by atoms with E-state index in [0.717, 1.165) is 50.5 Å². The average molecular weight is 400 g/mol. The summed E-state index contributed by atoms with van der Waals surface area (Å²) in [6.45, 7) is 6.29. The van der Waals surface area contributed by atoms with Crippen molar-refractivity contribution < 1.29 is 9.90 Å². The summed E-state index contributed by atoms with van der Waals surface area (Å²) in [4.78, 5) is 22.0. The van der Waals surface area contributed by atoms with Crippen LogP contribution in [0.3, 0.4) is 0 Å². The monoisotopic (exact) mass is 399 g/mol. The predicted octanol–water partition coefficient (Wildman–Crippen LogP) is 7.92. The number of rotatable bonds is 19. The van der Waals surface area contributed by atoms with Crippen LogP contribution in [-0.4, -0.2) is 15.8 Å². The Morgan fingerprint density at radius 3 is 2.26 bits per heavy atom. The molecular weight excluding hydrogens is 358 g/mol. The van der Waals surface area contributed by atoms with Crippen LogP contribution < -0.4 is 0 Å². The molecule has 0 aromatic carbocycles. The first kappa shape index (κ1) is 26.2. The Kier molecular flexibility index (Phi) is 16.7. The van der Waals surface area contributed by atoms with E-state index in [-0.39, 0.29) is 6.42 Å². The van der Waals surface area contributed by atoms with Gasteiger partial charge in [0.2, 0.25) is 0 Å². The summed E-state index contributed by atoms with van der Waals surface area (Å²) in [6.07, 6.45) is 19.6. The van der Waals surface area contributed by atoms with Gasteiger partial charge in [0.15, 0.2) is 0 Å². The average Bonchev–Trinajstić information content (AvgIpc) is 2.60. The molecule has 0 aliphatic rings. The first-order valence-electron chi connectivity index (χ1n) is 10.8. The molecule has 0 aliphatic heterocycles. The van der Waals surface area contributed by atoms with Gasteiger partial charge < -0.3 is 5.11 Å². The van der Waals surface area contributed by atoms with Gasteiger partial charge in [-0.1, -0.05) is 83.8 Å². The van der Waals surface area contributed by atoms with Gasteiger partial charge in [0.05, 0.1) is 6.42 Å². The summed E-state index contributed by atoms with van der Waals surface area (Å²) >= 11 is 0.911. The van der Waals surface area contributed by atoms with E-state index in [2.05, 4.69) is 30.6 Å². The van der Waals surface area contributed by atoms with Crippen molar-refractivity contribution in [2.75, 3.05) is 0 Å². The molecule has 0 aromatic rings. The van der Waals surface area contributed by atoms with Gasteiger partial charge in [-0.3, -0.25) is 4.79 Å². The van der Waals surface area contributed by atoms with Gasteiger partial charge in [-0.25, -0.2) is 0 Å². The second-order valence-electron chi connectivity index (χ2n) is 8.00. The third-order valence-electron chi connectivity index (χ3n) is 5.07. The highest BCUT2D eigenvalue weighted by Gasteiger charge is 2.32. The molecule has 0 bridgehead atoms. The van der Waals surface area contributed by atoms with Crippen molar-refractivity contribution in [3.63, 3.8) is 0 Å². The number of allylic oxidation sites excluding steroid dienone is 2. The third kappa shape index (κ3) is 15.9. The lowest BCUT2D eigenvalue weighted by Crippen LogP contribution is -2.27. The molecule has 0 aliphatic carbocycles. The molecule has 0 radical (unpaired) electrons. The smallest absolute Gasteiger partial charge is 0.304 e. The number of hydrogen-bond acceptors (Lipinski definition) is 4. The summed E-state index contributed by atoms with van der Waals surface area (Å²) in [6, 6.07) is 0. The molecule has 27 heavy (non-hydrogen) atoms. The van der Waals surface area contributed by atoms with Gasteiger partial charge >= 0.3 is 5.97 Å². The zero-order chi connectivity index (χ0) is 20.4. The Morgan fingerprint density at radius 1 is 1.00 bits per heavy atom. The quantitative estimate of drug-likeness (QED) is 0.104. The number of carboxylic acids is 1. The zero-order valence-electron chi connectivity index (χ0n) is 17.8. The molecule has 2 atom stereocenters. The molecule has 0 aromatic heterocycles. The van der Waals surface area contributed by atoms with Crippen LogP contribution >= 0.6 is 11.9 Å². The van der Waals surface area contributed by atoms with Crippen LogP contribution in [0.25, 0.3) is 0 Å². The van der Waals surface area contributed by atoms with Crippen LogP contribution in [-0.2, 0) is 4.79 Å². The lowest BCUT2D eigenvalue weighted by Gasteiger charge is -2.29. The highest BCUT2D eigenvalue weighted by atomic mass is 32.2. The van der Waals surface area contributed by atoms with E-state index in [1.165, 1.54) is 44.9 Å². The fraction of sp³-hybridized carbons (Fsp3) is 0.864. The molecule has 158 valence electrons. The Balaban J connectivity index is 4.57. The minimum Gasteiger partial charge on any atom is -0.481 e. The normalized spacial score (nSPS) is 14.9. The molecule has 0 amide bonds. The molecule has 2 unspecified atom stereocenters. The van der Waals surface area contributed by atoms with Crippen LogP contribution in [0, 0.1) is 10.8 Å². The summed E-state index contributed by atoms with van der Waals surface area (Å²) < 4.78 is 2.37. The van der Waals surface area contributed by atoms with Gasteiger partial charge in [0, 0.05) is 21.3 Å². The summed E-state index contributed by atoms with van der Waals surface area (Å²) in [5.74, 6) is -0.385. The maximum absolute atomic E-state index is 11.2. The Labute approximate surface area is 171 Å². The molecule has 0 heterocycles. The number of nitroso groups, excluding NO2 is 1. The summed E-state index contributed by atoms with van der Waals surface area (Å²) in [5.41, 5.74) is 0. The van der Waals surface area contributed by atoms with Crippen LogP contribution in [0.1, 0.15) is 111 Å². The highest BCUT2D eigenvalue weighted by Crippen LogP contribution is 2.38. The number of aliphatic carboxylic acids is 1. The number of hydrogen-bond donors (Lipinski definition) is 1. The number of carboxylic acid groups (broad SMARTS) is 1. The Morgan fingerprint density at radius 2 is 1.63 bits per heavy atom. The predicted molar refractivity (Wildman–Crippen MR) is 118 cm³/mol. The van der Waals surface area contributed by atoms with Crippen molar-refractivity contribution in [3.8, 4) is 0 Å². The van der Waals surface area contributed by atoms with Crippen LogP contribution in [0.5, 0.6) is 0 Å². The largest absolute Gasteiger partial charge is 0.481 e. The molecule has 5 heteroatoms. The second kappa shape index (κ2) is 17.3. The van der Waals surface area contributed by atoms with E-state index >= 15 is 0 Å². The standard InChI is InChI=1S/C22H41NO3S/c1-4-6-8-10-12-14-16-20(17-15-13-11-9-7-5-2)18-22(3,27-23-26)19-21(24)25/h8,10,20H,4-7,9,11-19H2,1-3H3,(H,24,25). The van der Waals surface area contributed by atoms with Crippen molar-refractivity contribution in [2.45, 2.75) is 115 Å². The van der Waals surface area contributed by atoms with Crippen molar-refractivity contribution >= 4 is 17.9 Å². The van der Waals surface area contributed by atoms with Gasteiger partial charge in [-0.05, 0) is 38.5 Å². The van der Waals surface area contributed by atoms with Gasteiger partial charge in [0.25, 0.3) is 0 Å². The number of carbonyl (C=O) groups is 1. The van der Waals surface area contributed by atoms with E-state index in [9.17, 15) is 14.8 Å².